The monoisotopic (exact) mass is 427 g/mol. The largest absolute Gasteiger partial charge is 0.497 e. The van der Waals surface area contributed by atoms with Gasteiger partial charge in [0.15, 0.2) is 0 Å². The number of carbonyl (C=O) groups is 3. The van der Waals surface area contributed by atoms with Crippen molar-refractivity contribution in [1.82, 2.24) is 10.2 Å². The Kier molecular flexibility index (Phi) is 6.48. The molecule has 154 valence electrons. The standard InChI is InChI=1S/C20H17N3O6S/c1-29-16-8-2-13(3-9-16)12-17-19(25)22(20(26)30-17)11-10-21-18(24)14-4-6-15(7-5-14)23(27)28/h2-9,12H,10-11H2,1H3,(H,21,24). The van der Waals surface area contributed by atoms with Crippen LogP contribution in [0.5, 0.6) is 5.75 Å². The molecule has 2 aromatic carbocycles. The summed E-state index contributed by atoms with van der Waals surface area (Å²) in [6.07, 6.45) is 1.62. The van der Waals surface area contributed by atoms with E-state index in [-0.39, 0.29) is 24.3 Å². The third kappa shape index (κ3) is 4.84. The summed E-state index contributed by atoms with van der Waals surface area (Å²) in [5.41, 5.74) is 0.884. The number of hydrogen-bond donors (Lipinski definition) is 1. The molecule has 1 aliphatic heterocycles. The van der Waals surface area contributed by atoms with Crippen LogP contribution in [-0.4, -0.2) is 47.1 Å². The van der Waals surface area contributed by atoms with Crippen LogP contribution in [-0.2, 0) is 4.79 Å². The lowest BCUT2D eigenvalue weighted by molar-refractivity contribution is -0.384. The highest BCUT2D eigenvalue weighted by Gasteiger charge is 2.34. The number of rotatable bonds is 7. The van der Waals surface area contributed by atoms with Crippen molar-refractivity contribution >= 4 is 40.6 Å². The summed E-state index contributed by atoms with van der Waals surface area (Å²) in [6, 6.07) is 12.2. The molecular formula is C20H17N3O6S. The number of nitrogens with zero attached hydrogens (tertiary/aromatic N) is 2. The number of carbonyl (C=O) groups excluding carboxylic acids is 3. The second kappa shape index (κ2) is 9.23. The molecule has 30 heavy (non-hydrogen) atoms. The van der Waals surface area contributed by atoms with Gasteiger partial charge in [-0.15, -0.1) is 0 Å². The van der Waals surface area contributed by atoms with E-state index in [1.165, 1.54) is 24.3 Å². The molecule has 1 N–H and O–H groups in total. The second-order valence-corrected chi connectivity index (χ2v) is 7.16. The Labute approximate surface area is 175 Å². The first-order valence-electron chi connectivity index (χ1n) is 8.81. The first-order chi connectivity index (χ1) is 14.4. The Hall–Kier alpha value is -3.66. The summed E-state index contributed by atoms with van der Waals surface area (Å²) < 4.78 is 5.09. The molecule has 1 heterocycles. The molecule has 10 heteroatoms. The van der Waals surface area contributed by atoms with E-state index in [0.717, 1.165) is 22.2 Å². The molecule has 1 saturated heterocycles. The minimum atomic E-state index is -0.555. The van der Waals surface area contributed by atoms with Gasteiger partial charge in [0.1, 0.15) is 5.75 Å². The Morgan fingerprint density at radius 2 is 1.83 bits per heavy atom. The maximum atomic E-state index is 12.5. The van der Waals surface area contributed by atoms with E-state index in [0.29, 0.717) is 10.7 Å². The Morgan fingerprint density at radius 1 is 1.17 bits per heavy atom. The fourth-order valence-electron chi connectivity index (χ4n) is 2.66. The van der Waals surface area contributed by atoms with Crippen LogP contribution in [0.1, 0.15) is 15.9 Å². The molecule has 0 radical (unpaired) electrons. The molecule has 3 rings (SSSR count). The number of hydrogen-bond acceptors (Lipinski definition) is 7. The molecule has 1 aliphatic rings. The molecule has 0 unspecified atom stereocenters. The Bertz CT molecular complexity index is 1020. The number of non-ortho nitro benzene ring substituents is 1. The lowest BCUT2D eigenvalue weighted by Crippen LogP contribution is -2.37. The minimum absolute atomic E-state index is 0.0172. The molecule has 0 spiro atoms. The van der Waals surface area contributed by atoms with E-state index in [9.17, 15) is 24.5 Å². The van der Waals surface area contributed by atoms with Crippen molar-refractivity contribution in [3.63, 3.8) is 0 Å². The number of nitrogens with one attached hydrogen (secondary N) is 1. The van der Waals surface area contributed by atoms with Crippen LogP contribution in [0.15, 0.2) is 53.4 Å². The summed E-state index contributed by atoms with van der Waals surface area (Å²) in [7, 11) is 1.56. The van der Waals surface area contributed by atoms with Crippen LogP contribution in [0.4, 0.5) is 10.5 Å². The number of nitro groups is 1. The van der Waals surface area contributed by atoms with Gasteiger partial charge in [-0.25, -0.2) is 0 Å². The zero-order valence-corrected chi connectivity index (χ0v) is 16.7. The van der Waals surface area contributed by atoms with Gasteiger partial charge in [0.25, 0.3) is 22.7 Å². The predicted molar refractivity (Wildman–Crippen MR) is 111 cm³/mol. The average molecular weight is 427 g/mol. The second-order valence-electron chi connectivity index (χ2n) is 6.17. The highest BCUT2D eigenvalue weighted by molar-refractivity contribution is 8.18. The van der Waals surface area contributed by atoms with Crippen LogP contribution in [0, 0.1) is 10.1 Å². The van der Waals surface area contributed by atoms with Crippen molar-refractivity contribution in [2.75, 3.05) is 20.2 Å². The molecule has 0 bridgehead atoms. The number of thioether (sulfide) groups is 1. The Balaban J connectivity index is 1.57. The van der Waals surface area contributed by atoms with Crippen molar-refractivity contribution in [2.24, 2.45) is 0 Å². The van der Waals surface area contributed by atoms with E-state index < -0.39 is 22.0 Å². The van der Waals surface area contributed by atoms with Crippen LogP contribution in [0.2, 0.25) is 0 Å². The molecule has 0 aliphatic carbocycles. The maximum Gasteiger partial charge on any atom is 0.293 e. The minimum Gasteiger partial charge on any atom is -0.497 e. The van der Waals surface area contributed by atoms with Crippen LogP contribution < -0.4 is 10.1 Å². The van der Waals surface area contributed by atoms with Gasteiger partial charge in [0.2, 0.25) is 0 Å². The number of nitro benzene ring substituents is 1. The SMILES string of the molecule is COc1ccc(C=C2SC(=O)N(CCNC(=O)c3ccc([N+](=O)[O-])cc3)C2=O)cc1. The molecule has 2 aromatic rings. The summed E-state index contributed by atoms with van der Waals surface area (Å²) >= 11 is 0.837. The van der Waals surface area contributed by atoms with Crippen molar-refractivity contribution in [3.05, 3.63) is 74.7 Å². The number of benzene rings is 2. The third-order valence-corrected chi connectivity index (χ3v) is 5.16. The van der Waals surface area contributed by atoms with Crippen molar-refractivity contribution < 1.29 is 24.0 Å². The highest BCUT2D eigenvalue weighted by Crippen LogP contribution is 2.32. The number of methoxy groups -OCH3 is 1. The van der Waals surface area contributed by atoms with Crippen molar-refractivity contribution in [1.29, 1.82) is 0 Å². The molecule has 9 nitrogen and oxygen atoms in total. The molecule has 3 amide bonds. The van der Waals surface area contributed by atoms with Crippen LogP contribution in [0.3, 0.4) is 0 Å². The first-order valence-corrected chi connectivity index (χ1v) is 9.63. The third-order valence-electron chi connectivity index (χ3n) is 4.25. The van der Waals surface area contributed by atoms with E-state index in [1.807, 2.05) is 0 Å². The summed E-state index contributed by atoms with van der Waals surface area (Å²) in [6.45, 7) is 0.0764. The van der Waals surface area contributed by atoms with Gasteiger partial charge in [0.05, 0.1) is 16.9 Å². The number of amides is 3. The lowest BCUT2D eigenvalue weighted by Gasteiger charge is -2.13. The average Bonchev–Trinajstić information content (AvgIpc) is 3.01. The summed E-state index contributed by atoms with van der Waals surface area (Å²) in [5.74, 6) is -0.194. The zero-order chi connectivity index (χ0) is 21.7. The maximum absolute atomic E-state index is 12.5. The van der Waals surface area contributed by atoms with Crippen LogP contribution >= 0.6 is 11.8 Å². The molecule has 1 fully saturated rings. The van der Waals surface area contributed by atoms with Crippen molar-refractivity contribution in [3.8, 4) is 5.75 Å². The highest BCUT2D eigenvalue weighted by atomic mass is 32.2. The van der Waals surface area contributed by atoms with E-state index in [2.05, 4.69) is 5.32 Å². The van der Waals surface area contributed by atoms with Gasteiger partial charge >= 0.3 is 0 Å². The van der Waals surface area contributed by atoms with Crippen molar-refractivity contribution in [2.45, 2.75) is 0 Å². The van der Waals surface area contributed by atoms with Gasteiger partial charge in [-0.05, 0) is 47.7 Å². The zero-order valence-electron chi connectivity index (χ0n) is 15.9. The number of ether oxygens (including phenoxy) is 1. The first kappa shape index (κ1) is 21.1. The molecular weight excluding hydrogens is 410 g/mol. The van der Waals surface area contributed by atoms with E-state index >= 15 is 0 Å². The van der Waals surface area contributed by atoms with Gasteiger partial charge < -0.3 is 10.1 Å². The molecule has 0 saturated carbocycles. The molecule has 0 aromatic heterocycles. The van der Waals surface area contributed by atoms with E-state index in [1.54, 1.807) is 37.5 Å². The predicted octanol–water partition coefficient (Wildman–Crippen LogP) is 3.07. The number of imide groups is 1. The normalized spacial score (nSPS) is 14.8. The van der Waals surface area contributed by atoms with Gasteiger partial charge in [-0.3, -0.25) is 29.4 Å². The quantitative estimate of drug-likeness (QED) is 0.410. The lowest BCUT2D eigenvalue weighted by atomic mass is 10.2. The summed E-state index contributed by atoms with van der Waals surface area (Å²) in [4.78, 5) is 48.3. The van der Waals surface area contributed by atoms with E-state index in [4.69, 9.17) is 4.74 Å². The summed E-state index contributed by atoms with van der Waals surface area (Å²) in [5, 5.41) is 12.8. The topological polar surface area (TPSA) is 119 Å². The molecule has 0 atom stereocenters. The van der Waals surface area contributed by atoms with Gasteiger partial charge in [-0.1, -0.05) is 12.1 Å². The van der Waals surface area contributed by atoms with Crippen LogP contribution in [0.25, 0.3) is 6.08 Å². The fourth-order valence-corrected chi connectivity index (χ4v) is 3.53. The Morgan fingerprint density at radius 3 is 2.43 bits per heavy atom. The van der Waals surface area contributed by atoms with Gasteiger partial charge in [0, 0.05) is 30.8 Å². The van der Waals surface area contributed by atoms with Gasteiger partial charge in [-0.2, -0.15) is 0 Å². The fraction of sp³-hybridized carbons (Fsp3) is 0.150. The smallest absolute Gasteiger partial charge is 0.293 e.